The predicted octanol–water partition coefficient (Wildman–Crippen LogP) is 2.53. The van der Waals surface area contributed by atoms with Gasteiger partial charge in [0.15, 0.2) is 0 Å². The average molecular weight is 250 g/mol. The summed E-state index contributed by atoms with van der Waals surface area (Å²) in [6, 6.07) is 3.94. The number of nitrogens with two attached hydrogens (primary N) is 1. The number of benzene rings is 1. The van der Waals surface area contributed by atoms with Gasteiger partial charge in [-0.1, -0.05) is 13.8 Å². The Kier molecular flexibility index (Phi) is 3.55. The maximum absolute atomic E-state index is 13.2. The number of hydrogen-bond acceptors (Lipinski definition) is 2. The third kappa shape index (κ3) is 2.63. The van der Waals surface area contributed by atoms with E-state index in [0.717, 1.165) is 19.5 Å². The van der Waals surface area contributed by atoms with Crippen molar-refractivity contribution in [3.8, 4) is 0 Å². The maximum Gasteiger partial charge on any atom is 0.256 e. The lowest BCUT2D eigenvalue weighted by Gasteiger charge is -2.35. The van der Waals surface area contributed by atoms with Crippen LogP contribution >= 0.6 is 0 Å². The fourth-order valence-electron chi connectivity index (χ4n) is 2.71. The van der Waals surface area contributed by atoms with E-state index in [1.54, 1.807) is 4.90 Å². The highest BCUT2D eigenvalue weighted by molar-refractivity contribution is 5.99. The van der Waals surface area contributed by atoms with Crippen molar-refractivity contribution in [1.82, 2.24) is 4.90 Å². The highest BCUT2D eigenvalue weighted by Crippen LogP contribution is 2.24. The number of nitrogens with zero attached hydrogens (tertiary/aromatic N) is 1. The lowest BCUT2D eigenvalue weighted by molar-refractivity contribution is 0.0623. The van der Waals surface area contributed by atoms with E-state index >= 15 is 0 Å². The number of likely N-dealkylation sites (tertiary alicyclic amines) is 1. The van der Waals surface area contributed by atoms with Crippen molar-refractivity contribution in [1.29, 1.82) is 0 Å². The molecule has 0 spiro atoms. The molecule has 0 saturated carbocycles. The number of nitrogen functional groups attached to an aromatic ring is 1. The fraction of sp³-hybridized carbons (Fsp3) is 0.500. The van der Waals surface area contributed by atoms with E-state index < -0.39 is 5.82 Å². The van der Waals surface area contributed by atoms with Crippen LogP contribution in [0.1, 0.15) is 30.6 Å². The lowest BCUT2D eigenvalue weighted by Crippen LogP contribution is -2.42. The molecule has 18 heavy (non-hydrogen) atoms. The summed E-state index contributed by atoms with van der Waals surface area (Å²) in [6.07, 6.45) is 1.13. The van der Waals surface area contributed by atoms with Crippen molar-refractivity contribution in [2.24, 2.45) is 11.8 Å². The molecule has 4 heteroatoms. The molecule has 1 aromatic carbocycles. The Morgan fingerprint density at radius 2 is 1.94 bits per heavy atom. The minimum atomic E-state index is -0.425. The van der Waals surface area contributed by atoms with E-state index in [0.29, 0.717) is 17.5 Å². The van der Waals surface area contributed by atoms with Gasteiger partial charge in [-0.2, -0.15) is 0 Å². The maximum atomic E-state index is 13.2. The summed E-state index contributed by atoms with van der Waals surface area (Å²) in [7, 11) is 0. The Morgan fingerprint density at radius 1 is 1.33 bits per heavy atom. The zero-order chi connectivity index (χ0) is 13.3. The van der Waals surface area contributed by atoms with E-state index in [1.165, 1.54) is 18.2 Å². The molecule has 2 rings (SSSR count). The van der Waals surface area contributed by atoms with Crippen molar-refractivity contribution in [3.63, 3.8) is 0 Å². The van der Waals surface area contributed by atoms with E-state index in [-0.39, 0.29) is 11.5 Å². The molecule has 0 aromatic heterocycles. The van der Waals surface area contributed by atoms with Gasteiger partial charge in [-0.3, -0.25) is 4.79 Å². The smallest absolute Gasteiger partial charge is 0.256 e. The molecule has 1 fully saturated rings. The van der Waals surface area contributed by atoms with Crippen LogP contribution in [0.2, 0.25) is 0 Å². The Bertz CT molecular complexity index is 451. The molecule has 2 unspecified atom stereocenters. The zero-order valence-electron chi connectivity index (χ0n) is 10.8. The second-order valence-electron chi connectivity index (χ2n) is 5.39. The van der Waals surface area contributed by atoms with Crippen LogP contribution in [0, 0.1) is 17.7 Å². The third-order valence-corrected chi connectivity index (χ3v) is 3.40. The van der Waals surface area contributed by atoms with Crippen molar-refractivity contribution < 1.29 is 9.18 Å². The summed E-state index contributed by atoms with van der Waals surface area (Å²) < 4.78 is 13.2. The van der Waals surface area contributed by atoms with Gasteiger partial charge < -0.3 is 10.6 Å². The molecule has 3 nitrogen and oxygen atoms in total. The Morgan fingerprint density at radius 3 is 2.56 bits per heavy atom. The molecule has 1 aliphatic rings. The summed E-state index contributed by atoms with van der Waals surface area (Å²) in [6.45, 7) is 5.70. The molecule has 1 aliphatic heterocycles. The van der Waals surface area contributed by atoms with Crippen LogP contribution in [0.15, 0.2) is 18.2 Å². The van der Waals surface area contributed by atoms with Crippen molar-refractivity contribution in [3.05, 3.63) is 29.6 Å². The van der Waals surface area contributed by atoms with Crippen molar-refractivity contribution in [2.45, 2.75) is 20.3 Å². The Hall–Kier alpha value is -1.58. The molecule has 2 N–H and O–H groups in total. The number of rotatable bonds is 1. The lowest BCUT2D eigenvalue weighted by atomic mass is 9.91. The molecule has 0 radical (unpaired) electrons. The van der Waals surface area contributed by atoms with Gasteiger partial charge in [0.2, 0.25) is 0 Å². The van der Waals surface area contributed by atoms with Gasteiger partial charge in [0, 0.05) is 18.8 Å². The highest BCUT2D eigenvalue weighted by Gasteiger charge is 2.27. The minimum absolute atomic E-state index is 0.162. The molecular formula is C14H19FN2O. The second-order valence-corrected chi connectivity index (χ2v) is 5.39. The van der Waals surface area contributed by atoms with Gasteiger partial charge in [-0.05, 0) is 36.5 Å². The van der Waals surface area contributed by atoms with Crippen LogP contribution in [0.25, 0.3) is 0 Å². The van der Waals surface area contributed by atoms with Gasteiger partial charge in [0.25, 0.3) is 5.91 Å². The summed E-state index contributed by atoms with van der Waals surface area (Å²) in [5, 5.41) is 0. The first kappa shape index (κ1) is 12.9. The van der Waals surface area contributed by atoms with Crippen molar-refractivity contribution in [2.75, 3.05) is 18.8 Å². The highest BCUT2D eigenvalue weighted by atomic mass is 19.1. The standard InChI is InChI=1S/C14H19FN2O/c1-9-5-10(2)8-17(7-9)14(18)12-6-11(15)3-4-13(12)16/h3-4,6,9-10H,5,7-8,16H2,1-2H3. The molecule has 1 amide bonds. The number of halogens is 1. The van der Waals surface area contributed by atoms with Crippen LogP contribution in [0.4, 0.5) is 10.1 Å². The minimum Gasteiger partial charge on any atom is -0.398 e. The summed E-state index contributed by atoms with van der Waals surface area (Å²) in [5.41, 5.74) is 6.37. The predicted molar refractivity (Wildman–Crippen MR) is 69.7 cm³/mol. The first-order valence-corrected chi connectivity index (χ1v) is 6.31. The average Bonchev–Trinajstić information content (AvgIpc) is 2.30. The van der Waals surface area contributed by atoms with E-state index in [1.807, 2.05) is 0 Å². The second kappa shape index (κ2) is 4.96. The topological polar surface area (TPSA) is 46.3 Å². The van der Waals surface area contributed by atoms with Gasteiger partial charge in [0.1, 0.15) is 5.82 Å². The number of amides is 1. The Labute approximate surface area is 107 Å². The number of piperidine rings is 1. The monoisotopic (exact) mass is 250 g/mol. The number of carbonyl (C=O) groups excluding carboxylic acids is 1. The van der Waals surface area contributed by atoms with Crippen LogP contribution in [-0.4, -0.2) is 23.9 Å². The SMILES string of the molecule is CC1CC(C)CN(C(=O)c2cc(F)ccc2N)C1. The molecule has 98 valence electrons. The van der Waals surface area contributed by atoms with Crippen molar-refractivity contribution >= 4 is 11.6 Å². The summed E-state index contributed by atoms with van der Waals surface area (Å²) >= 11 is 0. The van der Waals surface area contributed by atoms with E-state index in [4.69, 9.17) is 5.73 Å². The normalized spacial score (nSPS) is 24.1. The Balaban J connectivity index is 2.22. The molecular weight excluding hydrogens is 231 g/mol. The van der Waals surface area contributed by atoms with Gasteiger partial charge in [0.05, 0.1) is 5.56 Å². The molecule has 1 heterocycles. The van der Waals surface area contributed by atoms with Crippen LogP contribution in [-0.2, 0) is 0 Å². The molecule has 0 aliphatic carbocycles. The third-order valence-electron chi connectivity index (χ3n) is 3.40. The quantitative estimate of drug-likeness (QED) is 0.778. The van der Waals surface area contributed by atoms with Gasteiger partial charge in [-0.25, -0.2) is 4.39 Å². The first-order chi connectivity index (χ1) is 8.47. The van der Waals surface area contributed by atoms with Crippen LogP contribution in [0.3, 0.4) is 0 Å². The largest absolute Gasteiger partial charge is 0.398 e. The van der Waals surface area contributed by atoms with Gasteiger partial charge in [-0.15, -0.1) is 0 Å². The number of anilines is 1. The molecule has 0 bridgehead atoms. The fourth-order valence-corrected chi connectivity index (χ4v) is 2.71. The molecule has 1 aromatic rings. The zero-order valence-corrected chi connectivity index (χ0v) is 10.8. The van der Waals surface area contributed by atoms with Crippen LogP contribution < -0.4 is 5.73 Å². The summed E-state index contributed by atoms with van der Waals surface area (Å²) in [5.74, 6) is 0.371. The van der Waals surface area contributed by atoms with E-state index in [9.17, 15) is 9.18 Å². The number of carbonyl (C=O) groups is 1. The number of hydrogen-bond donors (Lipinski definition) is 1. The van der Waals surface area contributed by atoms with Gasteiger partial charge >= 0.3 is 0 Å². The summed E-state index contributed by atoms with van der Waals surface area (Å²) in [4.78, 5) is 14.1. The molecule has 1 saturated heterocycles. The van der Waals surface area contributed by atoms with Crippen LogP contribution in [0.5, 0.6) is 0 Å². The van der Waals surface area contributed by atoms with E-state index in [2.05, 4.69) is 13.8 Å². The first-order valence-electron chi connectivity index (χ1n) is 6.31. The molecule has 2 atom stereocenters.